The lowest BCUT2D eigenvalue weighted by Crippen LogP contribution is -2.24. The van der Waals surface area contributed by atoms with E-state index in [-0.39, 0.29) is 6.04 Å². The first kappa shape index (κ1) is 14.0. The third kappa shape index (κ3) is 4.41. The zero-order chi connectivity index (χ0) is 13.5. The molecule has 0 radical (unpaired) electrons. The van der Waals surface area contributed by atoms with Gasteiger partial charge in [-0.15, -0.1) is 0 Å². The second kappa shape index (κ2) is 6.59. The second-order valence-corrected chi connectivity index (χ2v) is 4.00. The van der Waals surface area contributed by atoms with Crippen LogP contribution in [0.4, 0.5) is 0 Å². The van der Waals surface area contributed by atoms with E-state index >= 15 is 0 Å². The van der Waals surface area contributed by atoms with Crippen molar-refractivity contribution in [3.05, 3.63) is 47.5 Å². The Labute approximate surface area is 106 Å². The van der Waals surface area contributed by atoms with Gasteiger partial charge in [0, 0.05) is 12.2 Å². The summed E-state index contributed by atoms with van der Waals surface area (Å²) < 4.78 is 0. The summed E-state index contributed by atoms with van der Waals surface area (Å²) in [6.45, 7) is 3.93. The molecule has 0 heterocycles. The molecule has 0 aromatic heterocycles. The molecule has 0 aliphatic carbocycles. The highest BCUT2D eigenvalue weighted by Gasteiger charge is 2.07. The zero-order valence-electron chi connectivity index (χ0n) is 10.5. The Morgan fingerprint density at radius 2 is 1.89 bits per heavy atom. The Morgan fingerprint density at radius 3 is 2.39 bits per heavy atom. The number of aryl methyl sites for hydroxylation is 1. The first-order valence-corrected chi connectivity index (χ1v) is 5.83. The highest BCUT2D eigenvalue weighted by Crippen LogP contribution is 2.13. The van der Waals surface area contributed by atoms with E-state index in [1.54, 1.807) is 0 Å². The summed E-state index contributed by atoms with van der Waals surface area (Å²) in [5.41, 5.74) is 2.23. The standard InChI is InChI=1S/C14H17NO3/c1-3-11-4-6-12(7-5-11)10(2)15-13(16)8-9-14(17)18/h4-10H,3H2,1-2H3,(H,15,16)(H,17,18)/b9-8+. The van der Waals surface area contributed by atoms with Crippen molar-refractivity contribution in [1.82, 2.24) is 5.32 Å². The molecule has 18 heavy (non-hydrogen) atoms. The Kier molecular flexibility index (Phi) is 5.11. The molecular formula is C14H17NO3. The molecule has 0 fully saturated rings. The van der Waals surface area contributed by atoms with Gasteiger partial charge in [-0.2, -0.15) is 0 Å². The molecule has 0 aliphatic heterocycles. The van der Waals surface area contributed by atoms with E-state index in [0.717, 1.165) is 24.1 Å². The summed E-state index contributed by atoms with van der Waals surface area (Å²) in [4.78, 5) is 21.7. The third-order valence-electron chi connectivity index (χ3n) is 2.62. The summed E-state index contributed by atoms with van der Waals surface area (Å²) in [5.74, 6) is -1.55. The monoisotopic (exact) mass is 247 g/mol. The van der Waals surface area contributed by atoms with Crippen LogP contribution in [-0.4, -0.2) is 17.0 Å². The Balaban J connectivity index is 2.61. The maximum atomic E-state index is 11.4. The second-order valence-electron chi connectivity index (χ2n) is 4.00. The van der Waals surface area contributed by atoms with Crippen molar-refractivity contribution in [2.75, 3.05) is 0 Å². The van der Waals surface area contributed by atoms with E-state index in [1.165, 1.54) is 5.56 Å². The van der Waals surface area contributed by atoms with E-state index in [9.17, 15) is 9.59 Å². The van der Waals surface area contributed by atoms with E-state index in [0.29, 0.717) is 0 Å². The lowest BCUT2D eigenvalue weighted by molar-refractivity contribution is -0.131. The SMILES string of the molecule is CCc1ccc(C(C)NC(=O)/C=C/C(=O)O)cc1. The molecule has 1 rings (SSSR count). The van der Waals surface area contributed by atoms with Gasteiger partial charge >= 0.3 is 5.97 Å². The average molecular weight is 247 g/mol. The number of aliphatic carboxylic acids is 1. The maximum absolute atomic E-state index is 11.4. The van der Waals surface area contributed by atoms with Crippen LogP contribution in [0.3, 0.4) is 0 Å². The van der Waals surface area contributed by atoms with Gasteiger partial charge in [0.15, 0.2) is 0 Å². The van der Waals surface area contributed by atoms with Crippen molar-refractivity contribution in [1.29, 1.82) is 0 Å². The molecule has 0 bridgehead atoms. The Bertz CT molecular complexity index is 449. The number of carbonyl (C=O) groups excluding carboxylic acids is 1. The minimum absolute atomic E-state index is 0.151. The van der Waals surface area contributed by atoms with Gasteiger partial charge in [-0.05, 0) is 24.5 Å². The van der Waals surface area contributed by atoms with E-state index in [1.807, 2.05) is 31.2 Å². The summed E-state index contributed by atoms with van der Waals surface area (Å²) in [7, 11) is 0. The summed E-state index contributed by atoms with van der Waals surface area (Å²) >= 11 is 0. The van der Waals surface area contributed by atoms with Crippen molar-refractivity contribution < 1.29 is 14.7 Å². The van der Waals surface area contributed by atoms with Gasteiger partial charge in [-0.3, -0.25) is 4.79 Å². The van der Waals surface area contributed by atoms with Crippen molar-refractivity contribution in [3.8, 4) is 0 Å². The van der Waals surface area contributed by atoms with Crippen LogP contribution < -0.4 is 5.32 Å². The van der Waals surface area contributed by atoms with Gasteiger partial charge < -0.3 is 10.4 Å². The molecule has 2 N–H and O–H groups in total. The molecule has 1 amide bonds. The van der Waals surface area contributed by atoms with Crippen molar-refractivity contribution >= 4 is 11.9 Å². The molecule has 1 unspecified atom stereocenters. The van der Waals surface area contributed by atoms with Crippen LogP contribution in [0.5, 0.6) is 0 Å². The van der Waals surface area contributed by atoms with Crippen LogP contribution >= 0.6 is 0 Å². The summed E-state index contributed by atoms with van der Waals surface area (Å²) in [6, 6.07) is 7.81. The van der Waals surface area contributed by atoms with E-state index in [4.69, 9.17) is 5.11 Å². The molecule has 1 atom stereocenters. The molecule has 1 aromatic rings. The van der Waals surface area contributed by atoms with Crippen LogP contribution in [0.15, 0.2) is 36.4 Å². The number of nitrogens with one attached hydrogen (secondary N) is 1. The maximum Gasteiger partial charge on any atom is 0.328 e. The quantitative estimate of drug-likeness (QED) is 0.783. The van der Waals surface area contributed by atoms with Crippen LogP contribution in [0.2, 0.25) is 0 Å². The normalized spacial score (nSPS) is 12.3. The number of amides is 1. The number of benzene rings is 1. The number of carbonyl (C=O) groups is 2. The van der Waals surface area contributed by atoms with Crippen molar-refractivity contribution in [2.24, 2.45) is 0 Å². The molecule has 0 aliphatic rings. The molecule has 4 heteroatoms. The fourth-order valence-corrected chi connectivity index (χ4v) is 1.53. The fraction of sp³-hybridized carbons (Fsp3) is 0.286. The van der Waals surface area contributed by atoms with E-state index in [2.05, 4.69) is 12.2 Å². The van der Waals surface area contributed by atoms with Crippen LogP contribution in [0, 0.1) is 0 Å². The lowest BCUT2D eigenvalue weighted by Gasteiger charge is -2.13. The summed E-state index contributed by atoms with van der Waals surface area (Å²) in [5, 5.41) is 11.1. The largest absolute Gasteiger partial charge is 0.478 e. The van der Waals surface area contributed by atoms with Crippen LogP contribution in [-0.2, 0) is 16.0 Å². The molecule has 0 saturated heterocycles. The van der Waals surface area contributed by atoms with Gasteiger partial charge in [0.1, 0.15) is 0 Å². The van der Waals surface area contributed by atoms with Crippen molar-refractivity contribution in [3.63, 3.8) is 0 Å². The number of hydrogen-bond acceptors (Lipinski definition) is 2. The minimum Gasteiger partial charge on any atom is -0.478 e. The highest BCUT2D eigenvalue weighted by molar-refractivity contribution is 5.94. The number of carboxylic acids is 1. The lowest BCUT2D eigenvalue weighted by atomic mass is 10.1. The molecule has 1 aromatic carbocycles. The zero-order valence-corrected chi connectivity index (χ0v) is 10.5. The van der Waals surface area contributed by atoms with Gasteiger partial charge in [0.25, 0.3) is 0 Å². The molecule has 0 spiro atoms. The Morgan fingerprint density at radius 1 is 1.28 bits per heavy atom. The van der Waals surface area contributed by atoms with E-state index < -0.39 is 11.9 Å². The predicted octanol–water partition coefficient (Wildman–Crippen LogP) is 2.07. The minimum atomic E-state index is -1.13. The van der Waals surface area contributed by atoms with Gasteiger partial charge in [0.2, 0.25) is 5.91 Å². The Hall–Kier alpha value is -2.10. The molecular weight excluding hydrogens is 230 g/mol. The topological polar surface area (TPSA) is 66.4 Å². The van der Waals surface area contributed by atoms with Gasteiger partial charge in [0.05, 0.1) is 6.04 Å². The first-order chi connectivity index (χ1) is 8.52. The third-order valence-corrected chi connectivity index (χ3v) is 2.62. The van der Waals surface area contributed by atoms with Crippen molar-refractivity contribution in [2.45, 2.75) is 26.3 Å². The summed E-state index contributed by atoms with van der Waals surface area (Å²) in [6.07, 6.45) is 2.81. The van der Waals surface area contributed by atoms with Gasteiger partial charge in [-0.1, -0.05) is 31.2 Å². The predicted molar refractivity (Wildman–Crippen MR) is 69.2 cm³/mol. The van der Waals surface area contributed by atoms with Crippen LogP contribution in [0.1, 0.15) is 31.0 Å². The first-order valence-electron chi connectivity index (χ1n) is 5.83. The number of carboxylic acid groups (broad SMARTS) is 1. The number of rotatable bonds is 5. The number of hydrogen-bond donors (Lipinski definition) is 2. The molecule has 0 saturated carbocycles. The molecule has 4 nitrogen and oxygen atoms in total. The fourth-order valence-electron chi connectivity index (χ4n) is 1.53. The van der Waals surface area contributed by atoms with Crippen LogP contribution in [0.25, 0.3) is 0 Å². The highest BCUT2D eigenvalue weighted by atomic mass is 16.4. The smallest absolute Gasteiger partial charge is 0.328 e. The average Bonchev–Trinajstić information content (AvgIpc) is 2.36. The van der Waals surface area contributed by atoms with Gasteiger partial charge in [-0.25, -0.2) is 4.79 Å². The molecule has 96 valence electrons.